The van der Waals surface area contributed by atoms with Gasteiger partial charge in [0.1, 0.15) is 0 Å². The highest BCUT2D eigenvalue weighted by Gasteiger charge is 2.34. The van der Waals surface area contributed by atoms with Crippen LogP contribution < -0.4 is 16.6 Å². The molecule has 0 radical (unpaired) electrons. The van der Waals surface area contributed by atoms with Gasteiger partial charge in [-0.15, -0.1) is 0 Å². The number of para-hydroxylation sites is 1. The lowest BCUT2D eigenvalue weighted by Gasteiger charge is -2.16. The normalized spacial score (nSPS) is 12.4. The molecule has 1 rings (SSSR count). The van der Waals surface area contributed by atoms with Crippen molar-refractivity contribution in [1.29, 1.82) is 0 Å². The Hall–Kier alpha value is -1.47. The molecule has 0 heterocycles. The zero-order chi connectivity index (χ0) is 14.5. The number of halogens is 4. The van der Waals surface area contributed by atoms with Crippen LogP contribution in [0.4, 0.5) is 18.9 Å². The smallest absolute Gasteiger partial charge is 0.323 e. The quantitative estimate of drug-likeness (QED) is 0.347. The average molecular weight is 295 g/mol. The van der Waals surface area contributed by atoms with Gasteiger partial charge < -0.3 is 5.32 Å². The van der Waals surface area contributed by atoms with E-state index in [0.717, 1.165) is 12.5 Å². The van der Waals surface area contributed by atoms with Gasteiger partial charge in [0, 0.05) is 6.54 Å². The molecule has 0 aliphatic carbocycles. The highest BCUT2D eigenvalue weighted by atomic mass is 35.5. The lowest BCUT2D eigenvalue weighted by Crippen LogP contribution is -2.37. The Morgan fingerprint density at radius 2 is 2.11 bits per heavy atom. The van der Waals surface area contributed by atoms with Crippen LogP contribution in [0, 0.1) is 0 Å². The zero-order valence-electron chi connectivity index (χ0n) is 10.2. The van der Waals surface area contributed by atoms with E-state index in [1.807, 2.05) is 6.92 Å². The van der Waals surface area contributed by atoms with Crippen molar-refractivity contribution in [3.63, 3.8) is 0 Å². The molecule has 1 aromatic rings. The minimum Gasteiger partial charge on any atom is -0.323 e. The van der Waals surface area contributed by atoms with Gasteiger partial charge in [-0.3, -0.25) is 10.4 Å². The van der Waals surface area contributed by atoms with E-state index in [9.17, 15) is 13.2 Å². The molecule has 106 valence electrons. The molecule has 19 heavy (non-hydrogen) atoms. The summed E-state index contributed by atoms with van der Waals surface area (Å²) in [4.78, 5) is 3.96. The van der Waals surface area contributed by atoms with Crippen LogP contribution in [0.15, 0.2) is 23.2 Å². The molecule has 0 aliphatic heterocycles. The van der Waals surface area contributed by atoms with E-state index in [1.54, 1.807) is 0 Å². The van der Waals surface area contributed by atoms with E-state index in [-0.39, 0.29) is 16.7 Å². The number of hydrogen-bond donors (Lipinski definition) is 3. The van der Waals surface area contributed by atoms with Crippen LogP contribution in [-0.2, 0) is 6.18 Å². The molecule has 0 fully saturated rings. The molecular formula is C11H14ClF3N4. The number of nitrogens with one attached hydrogen (secondary N) is 2. The Morgan fingerprint density at radius 1 is 1.42 bits per heavy atom. The number of guanidine groups is 1. The predicted octanol–water partition coefficient (Wildman–Crippen LogP) is 3.00. The SMILES string of the molecule is CCCN=C(NN)Nc1c(Cl)cccc1C(F)(F)F. The van der Waals surface area contributed by atoms with Crippen LogP contribution >= 0.6 is 11.6 Å². The third kappa shape index (κ3) is 4.29. The van der Waals surface area contributed by atoms with Crippen molar-refractivity contribution in [2.45, 2.75) is 19.5 Å². The molecule has 0 spiro atoms. The lowest BCUT2D eigenvalue weighted by molar-refractivity contribution is -0.136. The highest BCUT2D eigenvalue weighted by Crippen LogP contribution is 2.38. The molecular weight excluding hydrogens is 281 g/mol. The van der Waals surface area contributed by atoms with Gasteiger partial charge in [0.05, 0.1) is 16.3 Å². The highest BCUT2D eigenvalue weighted by molar-refractivity contribution is 6.34. The summed E-state index contributed by atoms with van der Waals surface area (Å²) in [5.74, 6) is 5.23. The van der Waals surface area contributed by atoms with Gasteiger partial charge in [-0.1, -0.05) is 24.6 Å². The third-order valence-electron chi connectivity index (χ3n) is 2.19. The molecule has 8 heteroatoms. The topological polar surface area (TPSA) is 62.4 Å². The summed E-state index contributed by atoms with van der Waals surface area (Å²) >= 11 is 5.78. The Balaban J connectivity index is 3.12. The second kappa shape index (κ2) is 6.63. The van der Waals surface area contributed by atoms with E-state index in [4.69, 9.17) is 17.4 Å². The van der Waals surface area contributed by atoms with Crippen molar-refractivity contribution in [1.82, 2.24) is 5.43 Å². The lowest BCUT2D eigenvalue weighted by atomic mass is 10.1. The molecule has 0 saturated heterocycles. The van der Waals surface area contributed by atoms with Crippen molar-refractivity contribution in [3.8, 4) is 0 Å². The molecule has 0 aliphatic rings. The predicted molar refractivity (Wildman–Crippen MR) is 70.0 cm³/mol. The Labute approximate surface area is 113 Å². The first-order valence-corrected chi connectivity index (χ1v) is 5.91. The Kier molecular flexibility index (Phi) is 5.44. The van der Waals surface area contributed by atoms with Gasteiger partial charge in [-0.25, -0.2) is 5.84 Å². The van der Waals surface area contributed by atoms with Crippen LogP contribution in [0.2, 0.25) is 5.02 Å². The van der Waals surface area contributed by atoms with Crippen LogP contribution in [-0.4, -0.2) is 12.5 Å². The monoisotopic (exact) mass is 294 g/mol. The molecule has 0 saturated carbocycles. The molecule has 0 atom stereocenters. The average Bonchev–Trinajstić information content (AvgIpc) is 2.34. The minimum absolute atomic E-state index is 0.0282. The van der Waals surface area contributed by atoms with E-state index >= 15 is 0 Å². The number of nitrogens with two attached hydrogens (primary N) is 1. The summed E-state index contributed by atoms with van der Waals surface area (Å²) in [7, 11) is 0. The van der Waals surface area contributed by atoms with Gasteiger partial charge in [0.2, 0.25) is 5.96 Å². The van der Waals surface area contributed by atoms with Crippen LogP contribution in [0.5, 0.6) is 0 Å². The van der Waals surface area contributed by atoms with Gasteiger partial charge in [0.25, 0.3) is 0 Å². The van der Waals surface area contributed by atoms with Crippen LogP contribution in [0.3, 0.4) is 0 Å². The van der Waals surface area contributed by atoms with E-state index < -0.39 is 11.7 Å². The van der Waals surface area contributed by atoms with E-state index in [2.05, 4.69) is 15.7 Å². The number of rotatable bonds is 3. The number of anilines is 1. The van der Waals surface area contributed by atoms with E-state index in [1.165, 1.54) is 12.1 Å². The molecule has 0 unspecified atom stereocenters. The number of alkyl halides is 3. The van der Waals surface area contributed by atoms with Crippen molar-refractivity contribution in [2.24, 2.45) is 10.8 Å². The maximum absolute atomic E-state index is 12.8. The minimum atomic E-state index is -4.52. The number of aliphatic imine (C=N–C) groups is 1. The summed E-state index contributed by atoms with van der Waals surface area (Å²) < 4.78 is 38.5. The van der Waals surface area contributed by atoms with Crippen LogP contribution in [0.1, 0.15) is 18.9 Å². The second-order valence-corrected chi connectivity index (χ2v) is 4.07. The molecule has 0 bridgehead atoms. The van der Waals surface area contributed by atoms with Gasteiger partial charge >= 0.3 is 6.18 Å². The summed E-state index contributed by atoms with van der Waals surface area (Å²) in [6.07, 6.45) is -3.78. The van der Waals surface area contributed by atoms with Gasteiger partial charge in [0.15, 0.2) is 0 Å². The standard InChI is InChI=1S/C11H14ClF3N4/c1-2-6-17-10(19-16)18-9-7(11(13,14)15)4-3-5-8(9)12/h3-5H,2,6,16H2,1H3,(H2,17,18,19). The molecule has 1 aromatic carbocycles. The fraction of sp³-hybridized carbons (Fsp3) is 0.364. The largest absolute Gasteiger partial charge is 0.418 e. The van der Waals surface area contributed by atoms with Gasteiger partial charge in [-0.2, -0.15) is 13.2 Å². The number of benzene rings is 1. The first-order valence-electron chi connectivity index (χ1n) is 5.54. The summed E-state index contributed by atoms with van der Waals surface area (Å²) in [5, 5.41) is 2.41. The fourth-order valence-corrected chi connectivity index (χ4v) is 1.57. The number of nitrogens with zero attached hydrogens (tertiary/aromatic N) is 1. The van der Waals surface area contributed by atoms with Crippen molar-refractivity contribution >= 4 is 23.2 Å². The summed E-state index contributed by atoms with van der Waals surface area (Å²) in [6, 6.07) is 3.52. The Morgan fingerprint density at radius 3 is 2.63 bits per heavy atom. The zero-order valence-corrected chi connectivity index (χ0v) is 10.9. The fourth-order valence-electron chi connectivity index (χ4n) is 1.35. The summed E-state index contributed by atoms with van der Waals surface area (Å²) in [6.45, 7) is 2.31. The molecule has 0 amide bonds. The second-order valence-electron chi connectivity index (χ2n) is 3.66. The van der Waals surface area contributed by atoms with Crippen molar-refractivity contribution < 1.29 is 13.2 Å². The maximum Gasteiger partial charge on any atom is 0.418 e. The first-order chi connectivity index (χ1) is 8.90. The van der Waals surface area contributed by atoms with E-state index in [0.29, 0.717) is 6.54 Å². The maximum atomic E-state index is 12.8. The number of hydrogen-bond acceptors (Lipinski definition) is 2. The molecule has 0 aromatic heterocycles. The van der Waals surface area contributed by atoms with Crippen LogP contribution in [0.25, 0.3) is 0 Å². The summed E-state index contributed by atoms with van der Waals surface area (Å²) in [5.41, 5.74) is 1.05. The molecule has 4 N–H and O–H groups in total. The first kappa shape index (κ1) is 15.6. The van der Waals surface area contributed by atoms with Crippen molar-refractivity contribution in [2.75, 3.05) is 11.9 Å². The third-order valence-corrected chi connectivity index (χ3v) is 2.51. The Bertz CT molecular complexity index is 460. The van der Waals surface area contributed by atoms with Gasteiger partial charge in [-0.05, 0) is 18.6 Å². The molecule has 4 nitrogen and oxygen atoms in total. The number of hydrazine groups is 1. The van der Waals surface area contributed by atoms with Crippen molar-refractivity contribution in [3.05, 3.63) is 28.8 Å².